The van der Waals surface area contributed by atoms with E-state index in [4.69, 9.17) is 0 Å². The van der Waals surface area contributed by atoms with Gasteiger partial charge in [0.15, 0.2) is 0 Å². The van der Waals surface area contributed by atoms with E-state index < -0.39 is 0 Å². The summed E-state index contributed by atoms with van der Waals surface area (Å²) in [5.74, 6) is 0. The van der Waals surface area contributed by atoms with E-state index in [-0.39, 0.29) is 6.03 Å². The summed E-state index contributed by atoms with van der Waals surface area (Å²) in [4.78, 5) is 13.4. The average Bonchev–Trinajstić information content (AvgIpc) is 2.26. The maximum absolute atomic E-state index is 11.6. The minimum Gasteiger partial charge on any atom is -0.325 e. The number of amides is 2. The predicted octanol–water partition coefficient (Wildman–Crippen LogP) is 2.49. The zero-order chi connectivity index (χ0) is 10.4. The Morgan fingerprint density at radius 2 is 2.00 bits per heavy atom. The van der Waals surface area contributed by atoms with E-state index in [1.165, 1.54) is 19.3 Å². The fourth-order valence-electron chi connectivity index (χ4n) is 1.89. The van der Waals surface area contributed by atoms with E-state index >= 15 is 0 Å². The van der Waals surface area contributed by atoms with E-state index in [2.05, 4.69) is 5.32 Å². The highest BCUT2D eigenvalue weighted by atomic mass is 16.2. The first-order chi connectivity index (χ1) is 6.75. The monoisotopic (exact) mass is 196 g/mol. The SMILES string of the molecule is C/C=C/NC(=O)N(C)C1CCCCC1. The van der Waals surface area contributed by atoms with Crippen molar-refractivity contribution in [1.82, 2.24) is 10.2 Å². The van der Waals surface area contributed by atoms with Gasteiger partial charge < -0.3 is 10.2 Å². The molecule has 1 N–H and O–H groups in total. The van der Waals surface area contributed by atoms with Gasteiger partial charge in [0.2, 0.25) is 0 Å². The molecule has 0 aliphatic heterocycles. The van der Waals surface area contributed by atoms with Crippen LogP contribution >= 0.6 is 0 Å². The summed E-state index contributed by atoms with van der Waals surface area (Å²) >= 11 is 0. The summed E-state index contributed by atoms with van der Waals surface area (Å²) in [6, 6.07) is 0.448. The van der Waals surface area contributed by atoms with E-state index in [0.717, 1.165) is 12.8 Å². The molecule has 0 unspecified atom stereocenters. The van der Waals surface area contributed by atoms with Crippen molar-refractivity contribution in [1.29, 1.82) is 0 Å². The summed E-state index contributed by atoms with van der Waals surface area (Å²) in [5.41, 5.74) is 0. The van der Waals surface area contributed by atoms with Crippen LogP contribution in [0.1, 0.15) is 39.0 Å². The molecule has 0 spiro atoms. The van der Waals surface area contributed by atoms with Crippen LogP contribution in [0.4, 0.5) is 4.79 Å². The van der Waals surface area contributed by atoms with Crippen LogP contribution in [0.2, 0.25) is 0 Å². The van der Waals surface area contributed by atoms with Crippen LogP contribution in [0.3, 0.4) is 0 Å². The van der Waals surface area contributed by atoms with E-state index in [1.54, 1.807) is 6.20 Å². The Kier molecular flexibility index (Phi) is 4.50. The number of nitrogens with one attached hydrogen (secondary N) is 1. The molecule has 0 heterocycles. The molecule has 1 aliphatic carbocycles. The molecule has 1 aliphatic rings. The lowest BCUT2D eigenvalue weighted by molar-refractivity contribution is 0.177. The van der Waals surface area contributed by atoms with E-state index in [9.17, 15) is 4.79 Å². The Hall–Kier alpha value is -0.990. The Morgan fingerprint density at radius 1 is 1.36 bits per heavy atom. The van der Waals surface area contributed by atoms with Crippen molar-refractivity contribution in [3.05, 3.63) is 12.3 Å². The standard InChI is InChI=1S/C11H20N2O/c1-3-9-12-11(14)13(2)10-7-5-4-6-8-10/h3,9-10H,4-8H2,1-2H3,(H,12,14)/b9-3+. The van der Waals surface area contributed by atoms with Gasteiger partial charge in [0, 0.05) is 19.3 Å². The highest BCUT2D eigenvalue weighted by Gasteiger charge is 2.20. The minimum absolute atomic E-state index is 0.00926. The van der Waals surface area contributed by atoms with Crippen LogP contribution in [-0.4, -0.2) is 24.0 Å². The number of rotatable bonds is 2. The summed E-state index contributed by atoms with van der Waals surface area (Å²) in [7, 11) is 1.88. The molecule has 1 fully saturated rings. The van der Waals surface area contributed by atoms with Gasteiger partial charge in [-0.2, -0.15) is 0 Å². The van der Waals surface area contributed by atoms with Gasteiger partial charge in [0.05, 0.1) is 0 Å². The highest BCUT2D eigenvalue weighted by Crippen LogP contribution is 2.21. The van der Waals surface area contributed by atoms with Crippen LogP contribution in [0.5, 0.6) is 0 Å². The van der Waals surface area contributed by atoms with Gasteiger partial charge in [-0.3, -0.25) is 0 Å². The number of hydrogen-bond donors (Lipinski definition) is 1. The quantitative estimate of drug-likeness (QED) is 0.723. The number of hydrogen-bond acceptors (Lipinski definition) is 1. The lowest BCUT2D eigenvalue weighted by Crippen LogP contribution is -2.42. The molecule has 2 amide bonds. The lowest BCUT2D eigenvalue weighted by Gasteiger charge is -2.30. The molecule has 14 heavy (non-hydrogen) atoms. The summed E-state index contributed by atoms with van der Waals surface area (Å²) in [6.45, 7) is 1.89. The first kappa shape index (κ1) is 11.1. The van der Waals surface area contributed by atoms with E-state index in [0.29, 0.717) is 6.04 Å². The fourth-order valence-corrected chi connectivity index (χ4v) is 1.89. The third-order valence-corrected chi connectivity index (χ3v) is 2.82. The molecular formula is C11H20N2O. The topological polar surface area (TPSA) is 32.3 Å². The molecule has 0 aromatic heterocycles. The number of carbonyl (C=O) groups is 1. The van der Waals surface area contributed by atoms with Crippen molar-refractivity contribution in [2.45, 2.75) is 45.1 Å². The van der Waals surface area contributed by atoms with Crippen LogP contribution in [-0.2, 0) is 0 Å². The van der Waals surface area contributed by atoms with Gasteiger partial charge in [-0.1, -0.05) is 25.3 Å². The largest absolute Gasteiger partial charge is 0.325 e. The van der Waals surface area contributed by atoms with Crippen LogP contribution in [0, 0.1) is 0 Å². The second kappa shape index (κ2) is 5.68. The Morgan fingerprint density at radius 3 is 2.57 bits per heavy atom. The summed E-state index contributed by atoms with van der Waals surface area (Å²) in [5, 5.41) is 2.74. The predicted molar refractivity (Wildman–Crippen MR) is 58.0 cm³/mol. The molecule has 3 heteroatoms. The van der Waals surface area contributed by atoms with Crippen molar-refractivity contribution in [3.63, 3.8) is 0 Å². The summed E-state index contributed by atoms with van der Waals surface area (Å²) in [6.07, 6.45) is 9.65. The molecule has 1 saturated carbocycles. The first-order valence-electron chi connectivity index (χ1n) is 5.40. The van der Waals surface area contributed by atoms with E-state index in [1.807, 2.05) is 24.9 Å². The summed E-state index contributed by atoms with van der Waals surface area (Å²) < 4.78 is 0. The van der Waals surface area contributed by atoms with Crippen LogP contribution in [0.25, 0.3) is 0 Å². The number of carbonyl (C=O) groups excluding carboxylic acids is 1. The normalized spacial score (nSPS) is 18.4. The van der Waals surface area contributed by atoms with Gasteiger partial charge >= 0.3 is 6.03 Å². The smallest absolute Gasteiger partial charge is 0.321 e. The first-order valence-corrected chi connectivity index (χ1v) is 5.40. The number of allylic oxidation sites excluding steroid dienone is 1. The van der Waals surface area contributed by atoms with Crippen LogP contribution < -0.4 is 5.32 Å². The Bertz CT molecular complexity index is 207. The van der Waals surface area contributed by atoms with Gasteiger partial charge in [0.1, 0.15) is 0 Å². The lowest BCUT2D eigenvalue weighted by atomic mass is 9.95. The molecule has 1 rings (SSSR count). The molecular weight excluding hydrogens is 176 g/mol. The van der Waals surface area contributed by atoms with Gasteiger partial charge in [-0.25, -0.2) is 4.79 Å². The molecule has 0 bridgehead atoms. The Labute approximate surface area is 86.2 Å². The highest BCUT2D eigenvalue weighted by molar-refractivity contribution is 5.75. The van der Waals surface area contributed by atoms with Crippen molar-refractivity contribution in [2.24, 2.45) is 0 Å². The molecule has 80 valence electrons. The van der Waals surface area contributed by atoms with Crippen LogP contribution in [0.15, 0.2) is 12.3 Å². The fraction of sp³-hybridized carbons (Fsp3) is 0.727. The van der Waals surface area contributed by atoms with Crippen molar-refractivity contribution < 1.29 is 4.79 Å². The van der Waals surface area contributed by atoms with Crippen molar-refractivity contribution in [2.75, 3.05) is 7.05 Å². The third-order valence-electron chi connectivity index (χ3n) is 2.82. The zero-order valence-corrected chi connectivity index (χ0v) is 9.12. The molecule has 0 radical (unpaired) electrons. The third kappa shape index (κ3) is 3.05. The maximum atomic E-state index is 11.6. The van der Waals surface area contributed by atoms with Crippen molar-refractivity contribution in [3.8, 4) is 0 Å². The Balaban J connectivity index is 2.37. The molecule has 0 aromatic carbocycles. The zero-order valence-electron chi connectivity index (χ0n) is 9.12. The minimum atomic E-state index is 0.00926. The molecule has 0 aromatic rings. The average molecular weight is 196 g/mol. The second-order valence-corrected chi connectivity index (χ2v) is 3.85. The molecule has 3 nitrogen and oxygen atoms in total. The van der Waals surface area contributed by atoms with Crippen molar-refractivity contribution >= 4 is 6.03 Å². The number of urea groups is 1. The molecule has 0 saturated heterocycles. The molecule has 0 atom stereocenters. The van der Waals surface area contributed by atoms with Gasteiger partial charge in [-0.05, 0) is 19.8 Å². The maximum Gasteiger partial charge on any atom is 0.321 e. The van der Waals surface area contributed by atoms with Gasteiger partial charge in [0.25, 0.3) is 0 Å². The second-order valence-electron chi connectivity index (χ2n) is 3.85. The van der Waals surface area contributed by atoms with Gasteiger partial charge in [-0.15, -0.1) is 0 Å². The number of nitrogens with zero attached hydrogens (tertiary/aromatic N) is 1.